The number of aromatic nitrogens is 1. The smallest absolute Gasteiger partial charge is 0.360 e. The van der Waals surface area contributed by atoms with Gasteiger partial charge in [0.1, 0.15) is 12.1 Å². The highest BCUT2D eigenvalue weighted by Gasteiger charge is 2.39. The van der Waals surface area contributed by atoms with Crippen molar-refractivity contribution in [2.75, 3.05) is 6.61 Å². The maximum atomic E-state index is 13.6. The Bertz CT molecular complexity index is 1320. The summed E-state index contributed by atoms with van der Waals surface area (Å²) in [5.41, 5.74) is 0.845. The van der Waals surface area contributed by atoms with E-state index >= 15 is 0 Å². The van der Waals surface area contributed by atoms with Crippen molar-refractivity contribution < 1.29 is 18.8 Å². The zero-order valence-corrected chi connectivity index (χ0v) is 19.2. The number of hydrogen-bond acceptors (Lipinski definition) is 5. The van der Waals surface area contributed by atoms with Gasteiger partial charge in [0.15, 0.2) is 11.2 Å². The molecule has 0 saturated carbocycles. The molecule has 2 atom stereocenters. The van der Waals surface area contributed by atoms with Crippen molar-refractivity contribution in [3.63, 3.8) is 0 Å². The Morgan fingerprint density at radius 2 is 1.94 bits per heavy atom. The van der Waals surface area contributed by atoms with Gasteiger partial charge in [0.2, 0.25) is 0 Å². The topological polar surface area (TPSA) is 109 Å². The lowest BCUT2D eigenvalue weighted by atomic mass is 9.84. The number of aromatic amines is 1. The number of H-pyrrole nitrogens is 1. The van der Waals surface area contributed by atoms with E-state index in [4.69, 9.17) is 16.5 Å². The molecule has 0 amide bonds. The summed E-state index contributed by atoms with van der Waals surface area (Å²) in [5, 5.41) is 1.00. The molecule has 2 N–H and O–H groups in total. The predicted molar refractivity (Wildman–Crippen MR) is 129 cm³/mol. The van der Waals surface area contributed by atoms with Crippen LogP contribution in [-0.2, 0) is 21.9 Å². The first-order valence-electron chi connectivity index (χ1n) is 10.3. The number of aryl methyl sites for hydroxylation is 1. The first kappa shape index (κ1) is 23.2. The second-order valence-corrected chi connectivity index (χ2v) is 8.95. The van der Waals surface area contributed by atoms with E-state index in [1.165, 1.54) is 6.20 Å². The van der Waals surface area contributed by atoms with Crippen molar-refractivity contribution in [3.05, 3.63) is 92.7 Å². The second kappa shape index (κ2) is 9.89. The van der Waals surface area contributed by atoms with Crippen molar-refractivity contribution in [2.24, 2.45) is 4.99 Å². The fourth-order valence-corrected chi connectivity index (χ4v) is 4.31. The van der Waals surface area contributed by atoms with Crippen molar-refractivity contribution in [2.45, 2.75) is 24.8 Å². The summed E-state index contributed by atoms with van der Waals surface area (Å²) in [6, 6.07) is 12.6. The third kappa shape index (κ3) is 5.18. The molecule has 2 heterocycles. The van der Waals surface area contributed by atoms with Crippen LogP contribution in [0.1, 0.15) is 27.9 Å². The van der Waals surface area contributed by atoms with Crippen LogP contribution in [0.5, 0.6) is 0 Å². The highest BCUT2D eigenvalue weighted by Crippen LogP contribution is 2.28. The fraction of sp³-hybridized carbons (Fsp3) is 0.208. The zero-order valence-electron chi connectivity index (χ0n) is 17.5. The predicted octanol–water partition coefficient (Wildman–Crippen LogP) is 4.59. The van der Waals surface area contributed by atoms with Gasteiger partial charge < -0.3 is 4.98 Å². The Kier molecular flexibility index (Phi) is 6.96. The van der Waals surface area contributed by atoms with Gasteiger partial charge in [-0.25, -0.2) is 0 Å². The van der Waals surface area contributed by atoms with Crippen LogP contribution in [0.3, 0.4) is 0 Å². The number of benzene rings is 2. The highest BCUT2D eigenvalue weighted by molar-refractivity contribution is 7.32. The summed E-state index contributed by atoms with van der Waals surface area (Å²) in [5.74, 6) is -0.379. The number of Topliss-reactive ketones (excluding diaryl/α,β-unsaturated/α-hetero) is 1. The number of hydrogen-bond donors (Lipinski definition) is 2. The quantitative estimate of drug-likeness (QED) is 0.263. The van der Waals surface area contributed by atoms with Gasteiger partial charge in [0.25, 0.3) is 0 Å². The Morgan fingerprint density at radius 3 is 2.64 bits per heavy atom. The van der Waals surface area contributed by atoms with Gasteiger partial charge in [-0.15, -0.1) is 9.42 Å². The van der Waals surface area contributed by atoms with Crippen molar-refractivity contribution in [1.29, 1.82) is 0 Å². The molecule has 0 fully saturated rings. The van der Waals surface area contributed by atoms with Crippen molar-refractivity contribution in [3.8, 4) is 0 Å². The number of nitrogens with one attached hydrogen (secondary N) is 1. The van der Waals surface area contributed by atoms with E-state index in [2.05, 4.69) is 14.5 Å². The number of halogens is 1. The normalized spacial score (nSPS) is 17.6. The average molecular weight is 484 g/mol. The standard InChI is InChI=1S/C24H20ClN2O5P/c25-18-7-4-17(5-8-18)14-24(10-2-11-27-24)23(29)20-15-26-21-9-6-16(13-19(21)22(20)28)3-1-12-32-33(30)31/h2,4-11,13,15H,1,3,12,14H2,(H-,26,28,29,30,31)/p+1. The van der Waals surface area contributed by atoms with Gasteiger partial charge >= 0.3 is 8.25 Å². The Morgan fingerprint density at radius 1 is 1.18 bits per heavy atom. The van der Waals surface area contributed by atoms with E-state index in [1.807, 2.05) is 18.2 Å². The number of carbonyl (C=O) groups is 1. The third-order valence-corrected chi connectivity index (χ3v) is 6.20. The molecule has 1 aliphatic heterocycles. The number of nitrogens with zero attached hydrogens (tertiary/aromatic N) is 1. The van der Waals surface area contributed by atoms with Gasteiger partial charge in [0.05, 0.1) is 5.56 Å². The molecule has 0 aliphatic carbocycles. The van der Waals surface area contributed by atoms with Crippen LogP contribution < -0.4 is 5.43 Å². The van der Waals surface area contributed by atoms with Gasteiger partial charge in [0, 0.05) is 39.3 Å². The molecule has 4 rings (SSSR count). The Hall–Kier alpha value is -2.96. The SMILES string of the molecule is O=C(c1c[nH]c2ccc(CCCO[P+](=O)O)cc2c1=O)C1(Cc2ccc(Cl)cc2)C=CC=N1. The third-order valence-electron chi connectivity index (χ3n) is 5.54. The molecule has 7 nitrogen and oxygen atoms in total. The molecule has 0 spiro atoms. The van der Waals surface area contributed by atoms with Crippen LogP contribution in [0.2, 0.25) is 5.02 Å². The highest BCUT2D eigenvalue weighted by atomic mass is 35.5. The van der Waals surface area contributed by atoms with Crippen LogP contribution >= 0.6 is 19.9 Å². The lowest BCUT2D eigenvalue weighted by molar-refractivity contribution is 0.0922. The molecule has 0 saturated heterocycles. The number of carbonyl (C=O) groups excluding carboxylic acids is 1. The Labute approximate surface area is 195 Å². The number of aliphatic imine (C=N–C) groups is 1. The number of rotatable bonds is 9. The first-order valence-corrected chi connectivity index (χ1v) is 11.8. The van der Waals surface area contributed by atoms with E-state index in [0.717, 1.165) is 11.1 Å². The Balaban J connectivity index is 1.64. The second-order valence-electron chi connectivity index (χ2n) is 7.78. The number of ketones is 1. The summed E-state index contributed by atoms with van der Waals surface area (Å²) in [7, 11) is -2.62. The van der Waals surface area contributed by atoms with Gasteiger partial charge in [-0.1, -0.05) is 29.8 Å². The summed E-state index contributed by atoms with van der Waals surface area (Å²) >= 11 is 5.98. The fourth-order valence-electron chi connectivity index (χ4n) is 3.90. The monoisotopic (exact) mass is 483 g/mol. The molecule has 0 bridgehead atoms. The number of pyridine rings is 1. The first-order chi connectivity index (χ1) is 15.9. The lowest BCUT2D eigenvalue weighted by Crippen LogP contribution is -2.38. The molecule has 1 aromatic heterocycles. The summed E-state index contributed by atoms with van der Waals surface area (Å²) in [6.07, 6.45) is 7.84. The molecule has 0 radical (unpaired) electrons. The maximum absolute atomic E-state index is 13.6. The van der Waals surface area contributed by atoms with Crippen molar-refractivity contribution in [1.82, 2.24) is 4.98 Å². The van der Waals surface area contributed by atoms with Crippen LogP contribution in [0.4, 0.5) is 0 Å². The molecule has 168 valence electrons. The van der Waals surface area contributed by atoms with E-state index in [9.17, 15) is 14.2 Å². The maximum Gasteiger partial charge on any atom is 0.694 e. The molecule has 9 heteroatoms. The molecule has 1 aliphatic rings. The van der Waals surface area contributed by atoms with E-state index in [1.54, 1.807) is 42.6 Å². The zero-order chi connectivity index (χ0) is 23.4. The molecule has 33 heavy (non-hydrogen) atoms. The number of fused-ring (bicyclic) bond motifs is 1. The van der Waals surface area contributed by atoms with Crippen LogP contribution in [0, 0.1) is 0 Å². The molecular weight excluding hydrogens is 463 g/mol. The van der Waals surface area contributed by atoms with Gasteiger partial charge in [-0.3, -0.25) is 14.6 Å². The minimum absolute atomic E-state index is 0.0397. The van der Waals surface area contributed by atoms with Crippen molar-refractivity contribution >= 4 is 42.8 Å². The minimum Gasteiger partial charge on any atom is -0.360 e. The minimum atomic E-state index is -2.62. The van der Waals surface area contributed by atoms with Crippen LogP contribution in [0.25, 0.3) is 10.9 Å². The van der Waals surface area contributed by atoms with E-state index < -0.39 is 13.8 Å². The molecule has 3 aromatic rings. The molecule has 2 aromatic carbocycles. The largest absolute Gasteiger partial charge is 0.694 e. The summed E-state index contributed by atoms with van der Waals surface area (Å²) < 4.78 is 15.3. The molecule has 2 unspecified atom stereocenters. The number of allylic oxidation sites excluding steroid dienone is 1. The van der Waals surface area contributed by atoms with Gasteiger partial charge in [-0.05, 0) is 60.4 Å². The van der Waals surface area contributed by atoms with Gasteiger partial charge in [-0.2, -0.15) is 0 Å². The van der Waals surface area contributed by atoms with Crippen LogP contribution in [-0.4, -0.2) is 34.0 Å². The van der Waals surface area contributed by atoms with E-state index in [-0.39, 0.29) is 23.4 Å². The average Bonchev–Trinajstić information content (AvgIpc) is 3.28. The summed E-state index contributed by atoms with van der Waals surface area (Å²) in [6.45, 7) is 0.135. The van der Waals surface area contributed by atoms with Crippen LogP contribution in [0.15, 0.2) is 70.6 Å². The van der Waals surface area contributed by atoms with E-state index in [0.29, 0.717) is 35.2 Å². The molecular formula is C24H21ClN2O5P+. The lowest BCUT2D eigenvalue weighted by Gasteiger charge is -2.23. The summed E-state index contributed by atoms with van der Waals surface area (Å²) in [4.78, 5) is 43.1.